The van der Waals surface area contributed by atoms with Gasteiger partial charge in [-0.2, -0.15) is 0 Å². The fourth-order valence-corrected chi connectivity index (χ4v) is 2.09. The molecule has 0 aliphatic heterocycles. The number of benzene rings is 1. The van der Waals surface area contributed by atoms with Gasteiger partial charge in [0.05, 0.1) is 11.4 Å². The summed E-state index contributed by atoms with van der Waals surface area (Å²) >= 11 is 3.35. The zero-order valence-corrected chi connectivity index (χ0v) is 12.8. The highest BCUT2D eigenvalue weighted by atomic mass is 79.9. The van der Waals surface area contributed by atoms with Crippen LogP contribution in [0.25, 0.3) is 5.69 Å². The van der Waals surface area contributed by atoms with Crippen LogP contribution in [0.1, 0.15) is 23.1 Å². The van der Waals surface area contributed by atoms with Gasteiger partial charge in [0.25, 0.3) is 5.91 Å². The lowest BCUT2D eigenvalue weighted by atomic mass is 10.2. The van der Waals surface area contributed by atoms with E-state index >= 15 is 0 Å². The standard InChI is InChI=1S/C13H13BrN4O3/c1-2-10-12(13(21)15-7-11(19)20)16-17-18(10)9-5-3-8(14)4-6-9/h3-6H,2,7H2,1H3,(H,15,21)(H,19,20). The molecule has 0 aliphatic carbocycles. The van der Waals surface area contributed by atoms with Crippen molar-refractivity contribution in [3.8, 4) is 5.69 Å². The van der Waals surface area contributed by atoms with Crippen molar-refractivity contribution in [1.82, 2.24) is 20.3 Å². The molecule has 1 heterocycles. The number of hydrogen-bond acceptors (Lipinski definition) is 4. The number of nitrogens with zero attached hydrogens (tertiary/aromatic N) is 3. The molecule has 0 saturated heterocycles. The molecule has 0 bridgehead atoms. The Kier molecular flexibility index (Phi) is 4.69. The predicted octanol–water partition coefficient (Wildman–Crippen LogP) is 1.41. The van der Waals surface area contributed by atoms with E-state index in [1.165, 1.54) is 0 Å². The normalized spacial score (nSPS) is 10.4. The van der Waals surface area contributed by atoms with Crippen LogP contribution >= 0.6 is 15.9 Å². The van der Waals surface area contributed by atoms with Crippen molar-refractivity contribution in [2.24, 2.45) is 0 Å². The molecule has 1 aromatic heterocycles. The molecule has 0 unspecified atom stereocenters. The van der Waals surface area contributed by atoms with Crippen LogP contribution in [0, 0.1) is 0 Å². The zero-order valence-electron chi connectivity index (χ0n) is 11.2. The first-order valence-corrected chi connectivity index (χ1v) is 7.02. The van der Waals surface area contributed by atoms with E-state index in [0.29, 0.717) is 12.1 Å². The highest BCUT2D eigenvalue weighted by Gasteiger charge is 2.19. The molecule has 1 amide bonds. The van der Waals surface area contributed by atoms with Gasteiger partial charge in [0.15, 0.2) is 5.69 Å². The second kappa shape index (κ2) is 6.49. The number of carboxylic acids is 1. The first kappa shape index (κ1) is 15.2. The van der Waals surface area contributed by atoms with Crippen molar-refractivity contribution < 1.29 is 14.7 Å². The highest BCUT2D eigenvalue weighted by Crippen LogP contribution is 2.17. The summed E-state index contributed by atoms with van der Waals surface area (Å²) in [5, 5.41) is 18.7. The lowest BCUT2D eigenvalue weighted by Gasteiger charge is -2.06. The third-order valence-electron chi connectivity index (χ3n) is 2.78. The molecule has 0 radical (unpaired) electrons. The Morgan fingerprint density at radius 3 is 2.57 bits per heavy atom. The topological polar surface area (TPSA) is 97.1 Å². The maximum atomic E-state index is 11.9. The van der Waals surface area contributed by atoms with Gasteiger partial charge in [0.2, 0.25) is 0 Å². The van der Waals surface area contributed by atoms with Gasteiger partial charge in [0.1, 0.15) is 6.54 Å². The predicted molar refractivity (Wildman–Crippen MR) is 78.4 cm³/mol. The van der Waals surface area contributed by atoms with E-state index in [2.05, 4.69) is 31.6 Å². The van der Waals surface area contributed by atoms with Crippen molar-refractivity contribution in [2.45, 2.75) is 13.3 Å². The van der Waals surface area contributed by atoms with Gasteiger partial charge in [-0.1, -0.05) is 28.1 Å². The van der Waals surface area contributed by atoms with Crippen molar-refractivity contribution in [2.75, 3.05) is 6.54 Å². The second-order valence-corrected chi connectivity index (χ2v) is 5.12. The van der Waals surface area contributed by atoms with Crippen LogP contribution in [0.4, 0.5) is 0 Å². The van der Waals surface area contributed by atoms with E-state index in [4.69, 9.17) is 5.11 Å². The van der Waals surface area contributed by atoms with Crippen LogP contribution in [0.15, 0.2) is 28.7 Å². The Hall–Kier alpha value is -2.22. The minimum Gasteiger partial charge on any atom is -0.480 e. The molecule has 0 fully saturated rings. The molecular formula is C13H13BrN4O3. The quantitative estimate of drug-likeness (QED) is 0.847. The number of aromatic nitrogens is 3. The van der Waals surface area contributed by atoms with E-state index in [0.717, 1.165) is 10.2 Å². The number of nitrogens with one attached hydrogen (secondary N) is 1. The third kappa shape index (κ3) is 3.46. The van der Waals surface area contributed by atoms with E-state index < -0.39 is 18.4 Å². The van der Waals surface area contributed by atoms with Crippen molar-refractivity contribution in [3.05, 3.63) is 40.1 Å². The van der Waals surface area contributed by atoms with Gasteiger partial charge >= 0.3 is 5.97 Å². The Morgan fingerprint density at radius 2 is 2.00 bits per heavy atom. The maximum Gasteiger partial charge on any atom is 0.322 e. The minimum atomic E-state index is -1.11. The molecule has 1 aromatic carbocycles. The molecule has 0 aliphatic rings. The summed E-state index contributed by atoms with van der Waals surface area (Å²) in [7, 11) is 0. The van der Waals surface area contributed by atoms with Gasteiger partial charge in [-0.05, 0) is 30.7 Å². The largest absolute Gasteiger partial charge is 0.480 e. The lowest BCUT2D eigenvalue weighted by Crippen LogP contribution is -2.30. The minimum absolute atomic E-state index is 0.140. The molecule has 2 aromatic rings. The van der Waals surface area contributed by atoms with E-state index in [-0.39, 0.29) is 5.69 Å². The molecular weight excluding hydrogens is 340 g/mol. The number of halogens is 1. The number of carboxylic acid groups (broad SMARTS) is 1. The molecule has 21 heavy (non-hydrogen) atoms. The fraction of sp³-hybridized carbons (Fsp3) is 0.231. The van der Waals surface area contributed by atoms with Gasteiger partial charge in [-0.15, -0.1) is 5.10 Å². The van der Waals surface area contributed by atoms with Crippen molar-refractivity contribution >= 4 is 27.8 Å². The first-order valence-electron chi connectivity index (χ1n) is 6.23. The number of carbonyl (C=O) groups excluding carboxylic acids is 1. The summed E-state index contributed by atoms with van der Waals surface area (Å²) in [4.78, 5) is 22.4. The van der Waals surface area contributed by atoms with Crippen LogP contribution in [-0.4, -0.2) is 38.5 Å². The van der Waals surface area contributed by atoms with E-state index in [9.17, 15) is 9.59 Å². The fourth-order valence-electron chi connectivity index (χ4n) is 1.82. The molecule has 8 heteroatoms. The van der Waals surface area contributed by atoms with Crippen LogP contribution in [0.3, 0.4) is 0 Å². The average Bonchev–Trinajstić information content (AvgIpc) is 2.89. The summed E-state index contributed by atoms with van der Waals surface area (Å²) < 4.78 is 2.51. The van der Waals surface area contributed by atoms with Gasteiger partial charge in [0, 0.05) is 4.47 Å². The third-order valence-corrected chi connectivity index (χ3v) is 3.31. The number of hydrogen-bond donors (Lipinski definition) is 2. The van der Waals surface area contributed by atoms with Gasteiger partial charge in [-0.3, -0.25) is 9.59 Å². The van der Waals surface area contributed by atoms with Gasteiger partial charge < -0.3 is 10.4 Å². The Balaban J connectivity index is 2.31. The first-order chi connectivity index (χ1) is 10.0. The number of amides is 1. The Morgan fingerprint density at radius 1 is 1.33 bits per heavy atom. The molecule has 0 saturated carbocycles. The zero-order chi connectivity index (χ0) is 15.4. The average molecular weight is 353 g/mol. The van der Waals surface area contributed by atoms with E-state index in [1.807, 2.05) is 31.2 Å². The molecule has 7 nitrogen and oxygen atoms in total. The number of rotatable bonds is 5. The summed E-state index contributed by atoms with van der Waals surface area (Å²) in [5.74, 6) is -1.65. The molecule has 110 valence electrons. The molecule has 2 N–H and O–H groups in total. The molecule has 0 atom stereocenters. The number of aliphatic carboxylic acids is 1. The van der Waals surface area contributed by atoms with Crippen LogP contribution in [0.2, 0.25) is 0 Å². The maximum absolute atomic E-state index is 11.9. The van der Waals surface area contributed by atoms with Crippen LogP contribution < -0.4 is 5.32 Å². The van der Waals surface area contributed by atoms with Crippen LogP contribution in [0.5, 0.6) is 0 Å². The monoisotopic (exact) mass is 352 g/mol. The summed E-state index contributed by atoms with van der Waals surface area (Å²) in [6.07, 6.45) is 0.541. The van der Waals surface area contributed by atoms with Crippen molar-refractivity contribution in [1.29, 1.82) is 0 Å². The summed E-state index contributed by atoms with van der Waals surface area (Å²) in [6, 6.07) is 7.41. The Bertz CT molecular complexity index is 667. The molecule has 2 rings (SSSR count). The summed E-state index contributed by atoms with van der Waals surface area (Å²) in [5.41, 5.74) is 1.54. The van der Waals surface area contributed by atoms with E-state index in [1.54, 1.807) is 4.68 Å². The summed E-state index contributed by atoms with van der Waals surface area (Å²) in [6.45, 7) is 1.43. The smallest absolute Gasteiger partial charge is 0.322 e. The molecule has 0 spiro atoms. The van der Waals surface area contributed by atoms with Crippen molar-refractivity contribution in [3.63, 3.8) is 0 Å². The highest BCUT2D eigenvalue weighted by molar-refractivity contribution is 9.10. The van der Waals surface area contributed by atoms with Gasteiger partial charge in [-0.25, -0.2) is 4.68 Å². The number of carbonyl (C=O) groups is 2. The lowest BCUT2D eigenvalue weighted by molar-refractivity contribution is -0.135. The Labute approximate surface area is 129 Å². The SMILES string of the molecule is CCc1c(C(=O)NCC(=O)O)nnn1-c1ccc(Br)cc1. The second-order valence-electron chi connectivity index (χ2n) is 4.20. The van der Waals surface area contributed by atoms with Crippen LogP contribution in [-0.2, 0) is 11.2 Å².